The van der Waals surface area contributed by atoms with Crippen molar-refractivity contribution in [2.45, 2.75) is 12.8 Å². The zero-order valence-electron chi connectivity index (χ0n) is 8.04. The molecule has 2 N–H and O–H groups in total. The van der Waals surface area contributed by atoms with Gasteiger partial charge in [0.1, 0.15) is 0 Å². The van der Waals surface area contributed by atoms with Gasteiger partial charge in [0.25, 0.3) is 0 Å². The van der Waals surface area contributed by atoms with Gasteiger partial charge in [0.2, 0.25) is 0 Å². The van der Waals surface area contributed by atoms with Crippen LogP contribution in [-0.2, 0) is 4.74 Å². The van der Waals surface area contributed by atoms with E-state index in [0.717, 1.165) is 32.2 Å². The maximum atomic E-state index is 9.20. The van der Waals surface area contributed by atoms with Crippen molar-refractivity contribution in [2.24, 2.45) is 17.8 Å². The van der Waals surface area contributed by atoms with Crippen LogP contribution in [0.25, 0.3) is 0 Å². The van der Waals surface area contributed by atoms with Gasteiger partial charge in [-0.3, -0.25) is 0 Å². The largest absolute Gasteiger partial charge is 0.396 e. The monoisotopic (exact) mass is 185 g/mol. The minimum absolute atomic E-state index is 0.342. The summed E-state index contributed by atoms with van der Waals surface area (Å²) in [6.45, 7) is 4.27. The summed E-state index contributed by atoms with van der Waals surface area (Å²) >= 11 is 0. The molecule has 76 valence electrons. The van der Waals surface area contributed by atoms with Crippen molar-refractivity contribution in [3.05, 3.63) is 0 Å². The molecular weight excluding hydrogens is 166 g/mol. The minimum Gasteiger partial charge on any atom is -0.396 e. The quantitative estimate of drug-likeness (QED) is 0.647. The van der Waals surface area contributed by atoms with Crippen LogP contribution in [0, 0.1) is 17.8 Å². The van der Waals surface area contributed by atoms with E-state index >= 15 is 0 Å². The van der Waals surface area contributed by atoms with Gasteiger partial charge in [-0.2, -0.15) is 0 Å². The molecule has 3 heteroatoms. The van der Waals surface area contributed by atoms with Crippen molar-refractivity contribution in [3.8, 4) is 0 Å². The molecule has 0 spiro atoms. The number of nitrogens with one attached hydrogen (secondary N) is 1. The summed E-state index contributed by atoms with van der Waals surface area (Å²) in [5.41, 5.74) is 0. The third kappa shape index (κ3) is 2.03. The Balaban J connectivity index is 1.90. The highest BCUT2D eigenvalue weighted by Crippen LogP contribution is 2.31. The number of aliphatic hydroxyl groups is 1. The fraction of sp³-hybridized carbons (Fsp3) is 1.00. The summed E-state index contributed by atoms with van der Waals surface area (Å²) in [6, 6.07) is 0. The van der Waals surface area contributed by atoms with Gasteiger partial charge in [0, 0.05) is 26.4 Å². The Morgan fingerprint density at radius 3 is 2.69 bits per heavy atom. The summed E-state index contributed by atoms with van der Waals surface area (Å²) in [7, 11) is 0. The molecule has 2 saturated heterocycles. The van der Waals surface area contributed by atoms with Crippen molar-refractivity contribution in [3.63, 3.8) is 0 Å². The molecule has 13 heavy (non-hydrogen) atoms. The van der Waals surface area contributed by atoms with Crippen LogP contribution >= 0.6 is 0 Å². The molecule has 0 amide bonds. The predicted molar refractivity (Wildman–Crippen MR) is 50.5 cm³/mol. The van der Waals surface area contributed by atoms with E-state index in [1.54, 1.807) is 0 Å². The second-order valence-corrected chi connectivity index (χ2v) is 4.21. The van der Waals surface area contributed by atoms with E-state index in [0.29, 0.717) is 18.4 Å². The third-order valence-corrected chi connectivity index (χ3v) is 3.50. The standard InChI is InChI=1S/C10H19NO2/c12-7-9-5-11-6-10(9)8-1-3-13-4-2-8/h8-12H,1-7H2/t9-,10-/m0/s1. The van der Waals surface area contributed by atoms with Gasteiger partial charge in [-0.25, -0.2) is 0 Å². The normalized spacial score (nSPS) is 36.7. The molecule has 0 aromatic rings. The number of ether oxygens (including phenoxy) is 1. The summed E-state index contributed by atoms with van der Waals surface area (Å²) in [5, 5.41) is 12.6. The smallest absolute Gasteiger partial charge is 0.0474 e. The van der Waals surface area contributed by atoms with Crippen molar-refractivity contribution < 1.29 is 9.84 Å². The summed E-state index contributed by atoms with van der Waals surface area (Å²) in [4.78, 5) is 0. The van der Waals surface area contributed by atoms with Gasteiger partial charge in [-0.1, -0.05) is 0 Å². The van der Waals surface area contributed by atoms with E-state index in [4.69, 9.17) is 4.74 Å². The lowest BCUT2D eigenvalue weighted by Crippen LogP contribution is -2.29. The maximum absolute atomic E-state index is 9.20. The van der Waals surface area contributed by atoms with Crippen LogP contribution in [0.1, 0.15) is 12.8 Å². The zero-order valence-corrected chi connectivity index (χ0v) is 8.04. The SMILES string of the molecule is OC[C@@H]1CNC[C@H]1C1CCOCC1. The number of aliphatic hydroxyl groups excluding tert-OH is 1. The molecule has 2 heterocycles. The van der Waals surface area contributed by atoms with Crippen LogP contribution in [0.5, 0.6) is 0 Å². The van der Waals surface area contributed by atoms with Crippen molar-refractivity contribution in [2.75, 3.05) is 32.9 Å². The Hall–Kier alpha value is -0.120. The molecular formula is C10H19NO2. The molecule has 0 aromatic carbocycles. The Morgan fingerprint density at radius 1 is 1.23 bits per heavy atom. The van der Waals surface area contributed by atoms with E-state index in [9.17, 15) is 5.11 Å². The molecule has 0 aliphatic carbocycles. The summed E-state index contributed by atoms with van der Waals surface area (Å²) in [5.74, 6) is 1.96. The van der Waals surface area contributed by atoms with E-state index < -0.39 is 0 Å². The molecule has 2 atom stereocenters. The van der Waals surface area contributed by atoms with Gasteiger partial charge >= 0.3 is 0 Å². The van der Waals surface area contributed by atoms with Crippen LogP contribution < -0.4 is 5.32 Å². The Kier molecular flexibility index (Phi) is 3.19. The Morgan fingerprint density at radius 2 is 2.00 bits per heavy atom. The lowest BCUT2D eigenvalue weighted by atomic mass is 9.80. The average molecular weight is 185 g/mol. The molecule has 0 unspecified atom stereocenters. The highest BCUT2D eigenvalue weighted by Gasteiger charge is 2.33. The topological polar surface area (TPSA) is 41.5 Å². The van der Waals surface area contributed by atoms with Crippen LogP contribution in [0.2, 0.25) is 0 Å². The van der Waals surface area contributed by atoms with E-state index in [-0.39, 0.29) is 0 Å². The molecule has 3 nitrogen and oxygen atoms in total. The summed E-state index contributed by atoms with van der Waals surface area (Å²) < 4.78 is 5.35. The van der Waals surface area contributed by atoms with Gasteiger partial charge in [0.05, 0.1) is 0 Å². The Labute approximate surface area is 79.5 Å². The molecule has 2 aliphatic heterocycles. The van der Waals surface area contributed by atoms with Crippen LogP contribution in [-0.4, -0.2) is 38.0 Å². The second kappa shape index (κ2) is 4.40. The number of hydrogen-bond donors (Lipinski definition) is 2. The average Bonchev–Trinajstić information content (AvgIpc) is 2.67. The Bertz CT molecular complexity index is 157. The summed E-state index contributed by atoms with van der Waals surface area (Å²) in [6.07, 6.45) is 2.37. The first kappa shape index (κ1) is 9.44. The van der Waals surface area contributed by atoms with Gasteiger partial charge in [-0.15, -0.1) is 0 Å². The fourth-order valence-electron chi connectivity index (χ4n) is 2.65. The lowest BCUT2D eigenvalue weighted by molar-refractivity contribution is 0.0360. The first-order valence-corrected chi connectivity index (χ1v) is 5.31. The second-order valence-electron chi connectivity index (χ2n) is 4.21. The molecule has 2 rings (SSSR count). The van der Waals surface area contributed by atoms with Crippen molar-refractivity contribution in [1.82, 2.24) is 5.32 Å². The van der Waals surface area contributed by atoms with Crippen LogP contribution in [0.4, 0.5) is 0 Å². The molecule has 0 aromatic heterocycles. The fourth-order valence-corrected chi connectivity index (χ4v) is 2.65. The van der Waals surface area contributed by atoms with Crippen molar-refractivity contribution >= 4 is 0 Å². The number of rotatable bonds is 2. The highest BCUT2D eigenvalue weighted by atomic mass is 16.5. The molecule has 0 radical (unpaired) electrons. The molecule has 0 bridgehead atoms. The van der Waals surface area contributed by atoms with E-state index in [1.807, 2.05) is 0 Å². The van der Waals surface area contributed by atoms with Crippen LogP contribution in [0.15, 0.2) is 0 Å². The lowest BCUT2D eigenvalue weighted by Gasteiger charge is -2.30. The van der Waals surface area contributed by atoms with Gasteiger partial charge in [-0.05, 0) is 37.1 Å². The highest BCUT2D eigenvalue weighted by molar-refractivity contribution is 4.86. The zero-order chi connectivity index (χ0) is 9.10. The van der Waals surface area contributed by atoms with Crippen molar-refractivity contribution in [1.29, 1.82) is 0 Å². The minimum atomic E-state index is 0.342. The van der Waals surface area contributed by atoms with E-state index in [1.165, 1.54) is 12.8 Å². The first-order chi connectivity index (χ1) is 6.42. The van der Waals surface area contributed by atoms with Gasteiger partial charge in [0.15, 0.2) is 0 Å². The van der Waals surface area contributed by atoms with Gasteiger partial charge < -0.3 is 15.2 Å². The molecule has 2 fully saturated rings. The molecule has 0 saturated carbocycles. The van der Waals surface area contributed by atoms with Crippen LogP contribution in [0.3, 0.4) is 0 Å². The molecule has 2 aliphatic rings. The third-order valence-electron chi connectivity index (χ3n) is 3.50. The number of hydrogen-bond acceptors (Lipinski definition) is 3. The maximum Gasteiger partial charge on any atom is 0.0474 e. The first-order valence-electron chi connectivity index (χ1n) is 5.31. The van der Waals surface area contributed by atoms with E-state index in [2.05, 4.69) is 5.32 Å². The predicted octanol–water partition coefficient (Wildman–Crippen LogP) is 0.241.